The smallest absolute Gasteiger partial charge is 0.139 e. The molecule has 4 nitrogen and oxygen atoms in total. The van der Waals surface area contributed by atoms with Gasteiger partial charge in [0.05, 0.1) is 11.9 Å². The number of anilines is 1. The first-order valence-corrected chi connectivity index (χ1v) is 6.61. The van der Waals surface area contributed by atoms with Gasteiger partial charge < -0.3 is 14.9 Å². The minimum atomic E-state index is 0.465. The van der Waals surface area contributed by atoms with Gasteiger partial charge in [0, 0.05) is 22.4 Å². The zero-order chi connectivity index (χ0) is 13.2. The number of ether oxygens (including phenoxy) is 1. The van der Waals surface area contributed by atoms with E-state index >= 15 is 0 Å². The van der Waals surface area contributed by atoms with Crippen molar-refractivity contribution in [3.8, 4) is 5.75 Å². The molecule has 0 atom stereocenters. The summed E-state index contributed by atoms with van der Waals surface area (Å²) in [6, 6.07) is 11.4. The standard InChI is InChI=1S/C14H12BrN3O/c15-10-1-3-13(4-2-10)19-9-12-8-17-14-7-11(16)5-6-18(12)14/h1-8H,9,16H2. The predicted octanol–water partition coefficient (Wildman–Crippen LogP) is 3.26. The largest absolute Gasteiger partial charge is 0.487 e. The van der Waals surface area contributed by atoms with E-state index in [0.29, 0.717) is 12.3 Å². The zero-order valence-corrected chi connectivity index (χ0v) is 11.7. The Labute approximate surface area is 119 Å². The van der Waals surface area contributed by atoms with Crippen molar-refractivity contribution in [2.75, 3.05) is 5.73 Å². The van der Waals surface area contributed by atoms with Gasteiger partial charge in [-0.3, -0.25) is 0 Å². The number of pyridine rings is 1. The van der Waals surface area contributed by atoms with Crippen molar-refractivity contribution in [1.82, 2.24) is 9.38 Å². The lowest BCUT2D eigenvalue weighted by Crippen LogP contribution is -1.99. The molecule has 3 aromatic rings. The number of benzene rings is 1. The number of hydrogen-bond acceptors (Lipinski definition) is 3. The van der Waals surface area contributed by atoms with E-state index in [4.69, 9.17) is 10.5 Å². The van der Waals surface area contributed by atoms with Crippen molar-refractivity contribution >= 4 is 27.3 Å². The number of fused-ring (bicyclic) bond motifs is 1. The molecule has 5 heteroatoms. The van der Waals surface area contributed by atoms with Gasteiger partial charge >= 0.3 is 0 Å². The van der Waals surface area contributed by atoms with Crippen LogP contribution in [0.3, 0.4) is 0 Å². The van der Waals surface area contributed by atoms with Crippen LogP contribution in [-0.4, -0.2) is 9.38 Å². The molecule has 0 amide bonds. The quantitative estimate of drug-likeness (QED) is 0.806. The molecule has 2 N–H and O–H groups in total. The molecule has 96 valence electrons. The molecule has 0 aliphatic heterocycles. The molecule has 0 aliphatic rings. The van der Waals surface area contributed by atoms with Crippen LogP contribution in [0.25, 0.3) is 5.65 Å². The van der Waals surface area contributed by atoms with E-state index in [1.165, 1.54) is 0 Å². The number of nitrogens with zero attached hydrogens (tertiary/aromatic N) is 2. The summed E-state index contributed by atoms with van der Waals surface area (Å²) in [5, 5.41) is 0. The van der Waals surface area contributed by atoms with Crippen LogP contribution < -0.4 is 10.5 Å². The van der Waals surface area contributed by atoms with Crippen LogP contribution in [0.1, 0.15) is 5.69 Å². The summed E-state index contributed by atoms with van der Waals surface area (Å²) in [6.07, 6.45) is 3.70. The Bertz CT molecular complexity index is 706. The van der Waals surface area contributed by atoms with Crippen molar-refractivity contribution in [2.45, 2.75) is 6.61 Å². The van der Waals surface area contributed by atoms with Gasteiger partial charge in [-0.25, -0.2) is 4.98 Å². The number of aromatic nitrogens is 2. The molecule has 0 radical (unpaired) electrons. The summed E-state index contributed by atoms with van der Waals surface area (Å²) >= 11 is 3.39. The lowest BCUT2D eigenvalue weighted by atomic mass is 10.3. The second-order valence-corrected chi connectivity index (χ2v) is 5.10. The molecule has 0 spiro atoms. The first-order valence-electron chi connectivity index (χ1n) is 5.82. The number of halogens is 1. The fraction of sp³-hybridized carbons (Fsp3) is 0.0714. The molecule has 19 heavy (non-hydrogen) atoms. The summed E-state index contributed by atoms with van der Waals surface area (Å²) in [6.45, 7) is 0.465. The van der Waals surface area contributed by atoms with Crippen LogP contribution in [0.15, 0.2) is 53.3 Å². The van der Waals surface area contributed by atoms with E-state index in [9.17, 15) is 0 Å². The van der Waals surface area contributed by atoms with Crippen molar-refractivity contribution in [1.29, 1.82) is 0 Å². The molecule has 0 saturated heterocycles. The first kappa shape index (κ1) is 12.0. The molecule has 2 heterocycles. The summed E-state index contributed by atoms with van der Waals surface area (Å²) in [5.74, 6) is 0.827. The minimum Gasteiger partial charge on any atom is -0.487 e. The molecule has 2 aromatic heterocycles. The predicted molar refractivity (Wildman–Crippen MR) is 78.1 cm³/mol. The average Bonchev–Trinajstić information content (AvgIpc) is 2.80. The molecular weight excluding hydrogens is 306 g/mol. The molecule has 0 unspecified atom stereocenters. The van der Waals surface area contributed by atoms with Gasteiger partial charge in [0.1, 0.15) is 18.0 Å². The van der Waals surface area contributed by atoms with Crippen LogP contribution in [0, 0.1) is 0 Å². The van der Waals surface area contributed by atoms with Crippen molar-refractivity contribution in [3.63, 3.8) is 0 Å². The normalized spacial score (nSPS) is 10.8. The number of imidazole rings is 1. The summed E-state index contributed by atoms with van der Waals surface area (Å²) < 4.78 is 8.73. The third kappa shape index (κ3) is 2.56. The van der Waals surface area contributed by atoms with Crippen molar-refractivity contribution < 1.29 is 4.74 Å². The van der Waals surface area contributed by atoms with E-state index in [1.54, 1.807) is 6.20 Å². The zero-order valence-electron chi connectivity index (χ0n) is 10.1. The highest BCUT2D eigenvalue weighted by Gasteiger charge is 2.04. The maximum Gasteiger partial charge on any atom is 0.139 e. The Morgan fingerprint density at radius 2 is 2.00 bits per heavy atom. The SMILES string of the molecule is Nc1ccn2c(COc3ccc(Br)cc3)cnc2c1. The highest BCUT2D eigenvalue weighted by atomic mass is 79.9. The fourth-order valence-electron chi connectivity index (χ4n) is 1.84. The highest BCUT2D eigenvalue weighted by molar-refractivity contribution is 9.10. The lowest BCUT2D eigenvalue weighted by molar-refractivity contribution is 0.300. The minimum absolute atomic E-state index is 0.465. The molecule has 1 aromatic carbocycles. The number of hydrogen-bond donors (Lipinski definition) is 1. The number of nitrogen functional groups attached to an aromatic ring is 1. The Hall–Kier alpha value is -2.01. The van der Waals surface area contributed by atoms with Gasteiger partial charge in [-0.15, -0.1) is 0 Å². The van der Waals surface area contributed by atoms with Gasteiger partial charge in [0.15, 0.2) is 0 Å². The third-order valence-electron chi connectivity index (χ3n) is 2.81. The summed E-state index contributed by atoms with van der Waals surface area (Å²) in [5.41, 5.74) is 8.24. The van der Waals surface area contributed by atoms with E-state index < -0.39 is 0 Å². The second-order valence-electron chi connectivity index (χ2n) is 4.18. The maximum atomic E-state index is 5.73. The van der Waals surface area contributed by atoms with Crippen molar-refractivity contribution in [2.24, 2.45) is 0 Å². The Kier molecular flexibility index (Phi) is 3.13. The molecule has 0 fully saturated rings. The van der Waals surface area contributed by atoms with Crippen molar-refractivity contribution in [3.05, 3.63) is 59.0 Å². The second kappa shape index (κ2) is 4.93. The maximum absolute atomic E-state index is 5.73. The van der Waals surface area contributed by atoms with E-state index in [-0.39, 0.29) is 0 Å². The van der Waals surface area contributed by atoms with Crippen LogP contribution in [-0.2, 0) is 6.61 Å². The third-order valence-corrected chi connectivity index (χ3v) is 3.34. The van der Waals surface area contributed by atoms with Crippen LogP contribution >= 0.6 is 15.9 Å². The highest BCUT2D eigenvalue weighted by Crippen LogP contribution is 2.18. The fourth-order valence-corrected chi connectivity index (χ4v) is 2.11. The molecule has 0 aliphatic carbocycles. The topological polar surface area (TPSA) is 52.5 Å². The van der Waals surface area contributed by atoms with Gasteiger partial charge in [-0.1, -0.05) is 15.9 Å². The van der Waals surface area contributed by atoms with E-state index in [1.807, 2.05) is 47.0 Å². The van der Waals surface area contributed by atoms with E-state index in [0.717, 1.165) is 21.6 Å². The first-order chi connectivity index (χ1) is 9.22. The summed E-state index contributed by atoms with van der Waals surface area (Å²) in [4.78, 5) is 4.30. The molecular formula is C14H12BrN3O. The number of rotatable bonds is 3. The van der Waals surface area contributed by atoms with E-state index in [2.05, 4.69) is 20.9 Å². The van der Waals surface area contributed by atoms with Gasteiger partial charge in [-0.2, -0.15) is 0 Å². The van der Waals surface area contributed by atoms with Crippen LogP contribution in [0.5, 0.6) is 5.75 Å². The van der Waals surface area contributed by atoms with Crippen LogP contribution in [0.4, 0.5) is 5.69 Å². The molecule has 0 bridgehead atoms. The summed E-state index contributed by atoms with van der Waals surface area (Å²) in [7, 11) is 0. The van der Waals surface area contributed by atoms with Gasteiger partial charge in [0.2, 0.25) is 0 Å². The van der Waals surface area contributed by atoms with Gasteiger partial charge in [-0.05, 0) is 30.3 Å². The molecule has 0 saturated carbocycles. The number of nitrogens with two attached hydrogens (primary N) is 1. The lowest BCUT2D eigenvalue weighted by Gasteiger charge is -2.06. The Morgan fingerprint density at radius 1 is 1.21 bits per heavy atom. The van der Waals surface area contributed by atoms with Crippen LogP contribution in [0.2, 0.25) is 0 Å². The average molecular weight is 318 g/mol. The van der Waals surface area contributed by atoms with Gasteiger partial charge in [0.25, 0.3) is 0 Å². The molecule has 3 rings (SSSR count). The monoisotopic (exact) mass is 317 g/mol. The Balaban J connectivity index is 1.80. The Morgan fingerprint density at radius 3 is 2.79 bits per heavy atom.